The molecule has 0 unspecified atom stereocenters. The Kier molecular flexibility index (Phi) is 3.83. The minimum absolute atomic E-state index is 0.347. The number of rotatable bonds is 3. The lowest BCUT2D eigenvalue weighted by Gasteiger charge is -2.25. The lowest BCUT2D eigenvalue weighted by molar-refractivity contribution is 0.318. The van der Waals surface area contributed by atoms with Crippen LogP contribution in [-0.2, 0) is 0 Å². The van der Waals surface area contributed by atoms with Gasteiger partial charge in [-0.1, -0.05) is 11.6 Å². The molecule has 3 aromatic rings. The minimum Gasteiger partial charge on any atom is -0.451 e. The van der Waals surface area contributed by atoms with Crippen molar-refractivity contribution >= 4 is 22.6 Å². The molecule has 0 spiro atoms. The van der Waals surface area contributed by atoms with E-state index in [1.54, 1.807) is 6.07 Å². The van der Waals surface area contributed by atoms with Crippen LogP contribution in [0.3, 0.4) is 0 Å². The minimum atomic E-state index is 0.347. The number of aromatic nitrogens is 2. The molecule has 120 valence electrons. The molecule has 5 nitrogen and oxygen atoms in total. The van der Waals surface area contributed by atoms with Gasteiger partial charge in [-0.25, -0.2) is 0 Å². The standard InChI is InChI=1S/C17H18ClN3O2/c1-19-13-5-2-10(3-6-13)16-20-21-17(23-16)15-9-11-8-12(18)4-7-14(11)22-15/h4,7-10,13,19H,2-3,5-6H2,1H3. The monoisotopic (exact) mass is 331 g/mol. The topological polar surface area (TPSA) is 64.1 Å². The van der Waals surface area contributed by atoms with Crippen LogP contribution in [0.15, 0.2) is 33.1 Å². The summed E-state index contributed by atoms with van der Waals surface area (Å²) in [6.45, 7) is 0. The molecular formula is C17H18ClN3O2. The predicted molar refractivity (Wildman–Crippen MR) is 88.6 cm³/mol. The van der Waals surface area contributed by atoms with Gasteiger partial charge in [-0.05, 0) is 57.0 Å². The van der Waals surface area contributed by atoms with Crippen molar-refractivity contribution in [1.29, 1.82) is 0 Å². The zero-order chi connectivity index (χ0) is 15.8. The van der Waals surface area contributed by atoms with E-state index >= 15 is 0 Å². The number of furan rings is 1. The van der Waals surface area contributed by atoms with Crippen LogP contribution in [0.2, 0.25) is 5.02 Å². The summed E-state index contributed by atoms with van der Waals surface area (Å²) in [5.74, 6) is 2.08. The Bertz CT molecular complexity index is 818. The maximum absolute atomic E-state index is 6.01. The molecule has 1 fully saturated rings. The Hall–Kier alpha value is -1.85. The summed E-state index contributed by atoms with van der Waals surface area (Å²) in [5, 5.41) is 13.3. The van der Waals surface area contributed by atoms with Gasteiger partial charge in [0.1, 0.15) is 5.58 Å². The number of halogens is 1. The van der Waals surface area contributed by atoms with Crippen molar-refractivity contribution in [3.8, 4) is 11.7 Å². The molecular weight excluding hydrogens is 314 g/mol. The number of fused-ring (bicyclic) bond motifs is 1. The Morgan fingerprint density at radius 2 is 1.91 bits per heavy atom. The van der Waals surface area contributed by atoms with Crippen molar-refractivity contribution in [3.05, 3.63) is 35.2 Å². The van der Waals surface area contributed by atoms with Crippen molar-refractivity contribution in [3.63, 3.8) is 0 Å². The van der Waals surface area contributed by atoms with Crippen molar-refractivity contribution in [2.75, 3.05) is 7.05 Å². The lowest BCUT2D eigenvalue weighted by atomic mass is 9.86. The highest BCUT2D eigenvalue weighted by atomic mass is 35.5. The molecule has 0 radical (unpaired) electrons. The third-order valence-electron chi connectivity index (χ3n) is 4.61. The zero-order valence-corrected chi connectivity index (χ0v) is 13.6. The van der Waals surface area contributed by atoms with Gasteiger partial charge < -0.3 is 14.2 Å². The van der Waals surface area contributed by atoms with Crippen LogP contribution in [0.1, 0.15) is 37.5 Å². The molecule has 23 heavy (non-hydrogen) atoms. The van der Waals surface area contributed by atoms with Crippen molar-refractivity contribution < 1.29 is 8.83 Å². The second-order valence-electron chi connectivity index (χ2n) is 6.08. The number of hydrogen-bond acceptors (Lipinski definition) is 5. The Labute approximate surface area is 139 Å². The highest BCUT2D eigenvalue weighted by molar-refractivity contribution is 6.31. The second-order valence-corrected chi connectivity index (χ2v) is 6.51. The maximum atomic E-state index is 6.01. The molecule has 4 rings (SSSR count). The fraction of sp³-hybridized carbons (Fsp3) is 0.412. The fourth-order valence-electron chi connectivity index (χ4n) is 3.25. The lowest BCUT2D eigenvalue weighted by Crippen LogP contribution is -2.29. The zero-order valence-electron chi connectivity index (χ0n) is 12.9. The van der Waals surface area contributed by atoms with Gasteiger partial charge in [0.15, 0.2) is 5.76 Å². The predicted octanol–water partition coefficient (Wildman–Crippen LogP) is 4.38. The first-order valence-corrected chi connectivity index (χ1v) is 8.31. The van der Waals surface area contributed by atoms with Crippen LogP contribution < -0.4 is 5.32 Å². The van der Waals surface area contributed by atoms with Gasteiger partial charge in [-0.2, -0.15) is 0 Å². The molecule has 2 aromatic heterocycles. The average molecular weight is 332 g/mol. The molecule has 0 atom stereocenters. The average Bonchev–Trinajstić information content (AvgIpc) is 3.21. The molecule has 0 aliphatic heterocycles. The summed E-state index contributed by atoms with van der Waals surface area (Å²) in [7, 11) is 2.02. The summed E-state index contributed by atoms with van der Waals surface area (Å²) in [6.07, 6.45) is 4.43. The number of hydrogen-bond donors (Lipinski definition) is 1. The smallest absolute Gasteiger partial charge is 0.283 e. The number of nitrogens with zero attached hydrogens (tertiary/aromatic N) is 2. The summed E-state index contributed by atoms with van der Waals surface area (Å²) in [6, 6.07) is 8.00. The first-order chi connectivity index (χ1) is 11.2. The molecule has 0 bridgehead atoms. The molecule has 1 aliphatic carbocycles. The molecule has 1 aromatic carbocycles. The second kappa shape index (κ2) is 5.98. The third kappa shape index (κ3) is 2.86. The summed E-state index contributed by atoms with van der Waals surface area (Å²) < 4.78 is 11.6. The van der Waals surface area contributed by atoms with Gasteiger partial charge >= 0.3 is 0 Å². The van der Waals surface area contributed by atoms with Crippen LogP contribution in [0, 0.1) is 0 Å². The summed E-state index contributed by atoms with van der Waals surface area (Å²) >= 11 is 6.01. The van der Waals surface area contributed by atoms with Crippen molar-refractivity contribution in [1.82, 2.24) is 15.5 Å². The van der Waals surface area contributed by atoms with Crippen LogP contribution in [0.5, 0.6) is 0 Å². The largest absolute Gasteiger partial charge is 0.451 e. The van der Waals surface area contributed by atoms with Gasteiger partial charge in [0.05, 0.1) is 0 Å². The van der Waals surface area contributed by atoms with E-state index in [-0.39, 0.29) is 0 Å². The Morgan fingerprint density at radius 1 is 1.09 bits per heavy atom. The Morgan fingerprint density at radius 3 is 2.70 bits per heavy atom. The SMILES string of the molecule is CNC1CCC(c2nnc(-c3cc4cc(Cl)ccc4o3)o2)CC1. The first-order valence-electron chi connectivity index (χ1n) is 7.93. The van der Waals surface area contributed by atoms with Gasteiger partial charge in [0.2, 0.25) is 5.89 Å². The van der Waals surface area contributed by atoms with E-state index in [1.807, 2.05) is 25.2 Å². The Balaban J connectivity index is 1.57. The van der Waals surface area contributed by atoms with Gasteiger partial charge in [-0.15, -0.1) is 10.2 Å². The first kappa shape index (κ1) is 14.7. The van der Waals surface area contributed by atoms with Gasteiger partial charge in [-0.3, -0.25) is 0 Å². The molecule has 6 heteroatoms. The van der Waals surface area contributed by atoms with Gasteiger partial charge in [0.25, 0.3) is 5.89 Å². The van der Waals surface area contributed by atoms with Gasteiger partial charge in [0, 0.05) is 22.4 Å². The van der Waals surface area contributed by atoms with E-state index in [9.17, 15) is 0 Å². The molecule has 1 aliphatic rings. The highest BCUT2D eigenvalue weighted by Crippen LogP contribution is 2.34. The molecule has 1 N–H and O–H groups in total. The van der Waals surface area contributed by atoms with Crippen LogP contribution in [-0.4, -0.2) is 23.3 Å². The van der Waals surface area contributed by atoms with Crippen molar-refractivity contribution in [2.45, 2.75) is 37.6 Å². The third-order valence-corrected chi connectivity index (χ3v) is 4.85. The normalized spacial score (nSPS) is 21.8. The quantitative estimate of drug-likeness (QED) is 0.771. The van der Waals surface area contributed by atoms with Crippen molar-refractivity contribution in [2.24, 2.45) is 0 Å². The van der Waals surface area contributed by atoms with Crippen LogP contribution >= 0.6 is 11.6 Å². The highest BCUT2D eigenvalue weighted by Gasteiger charge is 2.26. The van der Waals surface area contributed by atoms with E-state index in [2.05, 4.69) is 15.5 Å². The van der Waals surface area contributed by atoms with E-state index in [1.165, 1.54) is 0 Å². The van der Waals surface area contributed by atoms with E-state index in [0.717, 1.165) is 36.7 Å². The summed E-state index contributed by atoms with van der Waals surface area (Å²) in [5.41, 5.74) is 0.763. The maximum Gasteiger partial charge on any atom is 0.283 e. The number of nitrogens with one attached hydrogen (secondary N) is 1. The molecule has 1 saturated carbocycles. The van der Waals surface area contributed by atoms with E-state index in [0.29, 0.717) is 34.5 Å². The van der Waals surface area contributed by atoms with E-state index in [4.69, 9.17) is 20.4 Å². The summed E-state index contributed by atoms with van der Waals surface area (Å²) in [4.78, 5) is 0. The van der Waals surface area contributed by atoms with Crippen LogP contribution in [0.4, 0.5) is 0 Å². The molecule has 0 saturated heterocycles. The van der Waals surface area contributed by atoms with Crippen LogP contribution in [0.25, 0.3) is 22.6 Å². The fourth-order valence-corrected chi connectivity index (χ4v) is 3.43. The van der Waals surface area contributed by atoms with E-state index < -0.39 is 0 Å². The molecule has 2 heterocycles. The number of benzene rings is 1. The molecule has 0 amide bonds.